The van der Waals surface area contributed by atoms with Gasteiger partial charge < -0.3 is 4.98 Å². The van der Waals surface area contributed by atoms with Crippen LogP contribution >= 0.6 is 0 Å². The van der Waals surface area contributed by atoms with Crippen LogP contribution in [0.25, 0.3) is 33.3 Å². The van der Waals surface area contributed by atoms with Crippen molar-refractivity contribution in [3.63, 3.8) is 0 Å². The lowest BCUT2D eigenvalue weighted by atomic mass is 10.1. The number of pyridine rings is 1. The van der Waals surface area contributed by atoms with E-state index in [1.807, 2.05) is 36.4 Å². The van der Waals surface area contributed by atoms with E-state index in [1.165, 1.54) is 6.07 Å². The molecule has 20 heavy (non-hydrogen) atoms. The van der Waals surface area contributed by atoms with E-state index in [-0.39, 0.29) is 5.82 Å². The Morgan fingerprint density at radius 3 is 2.75 bits per heavy atom. The van der Waals surface area contributed by atoms with Crippen LogP contribution in [-0.4, -0.2) is 15.0 Å². The third-order valence-corrected chi connectivity index (χ3v) is 3.36. The highest BCUT2D eigenvalue weighted by Gasteiger charge is 2.11. The number of imidazole rings is 1. The summed E-state index contributed by atoms with van der Waals surface area (Å²) >= 11 is 0. The van der Waals surface area contributed by atoms with Gasteiger partial charge in [-0.3, -0.25) is 4.98 Å². The van der Waals surface area contributed by atoms with Crippen LogP contribution in [0.1, 0.15) is 0 Å². The molecule has 0 radical (unpaired) electrons. The van der Waals surface area contributed by atoms with Crippen molar-refractivity contribution in [2.24, 2.45) is 0 Å². The summed E-state index contributed by atoms with van der Waals surface area (Å²) < 4.78 is 13.7. The lowest BCUT2D eigenvalue weighted by molar-refractivity contribution is 0.637. The number of hydrogen-bond acceptors (Lipinski definition) is 2. The molecule has 0 bridgehead atoms. The van der Waals surface area contributed by atoms with Crippen LogP contribution < -0.4 is 0 Å². The van der Waals surface area contributed by atoms with Crippen LogP contribution in [0.3, 0.4) is 0 Å². The van der Waals surface area contributed by atoms with Gasteiger partial charge in [-0.2, -0.15) is 0 Å². The van der Waals surface area contributed by atoms with Gasteiger partial charge in [-0.1, -0.05) is 24.3 Å². The van der Waals surface area contributed by atoms with Crippen LogP contribution in [-0.2, 0) is 0 Å². The summed E-state index contributed by atoms with van der Waals surface area (Å²) in [7, 11) is 0. The van der Waals surface area contributed by atoms with Gasteiger partial charge in [0.25, 0.3) is 0 Å². The SMILES string of the molecule is Fc1cccc2[nH]c(-c3cccc4ncccc34)nc12. The monoisotopic (exact) mass is 263 g/mol. The van der Waals surface area contributed by atoms with Gasteiger partial charge in [0.15, 0.2) is 5.82 Å². The van der Waals surface area contributed by atoms with Crippen molar-refractivity contribution in [1.29, 1.82) is 0 Å². The van der Waals surface area contributed by atoms with Gasteiger partial charge in [0.05, 0.1) is 11.0 Å². The van der Waals surface area contributed by atoms with E-state index in [0.29, 0.717) is 16.9 Å². The molecular formula is C16H10FN3. The number of nitrogens with zero attached hydrogens (tertiary/aromatic N) is 2. The molecule has 0 spiro atoms. The Labute approximate surface area is 114 Å². The van der Waals surface area contributed by atoms with Crippen molar-refractivity contribution in [3.8, 4) is 11.4 Å². The molecule has 2 aromatic carbocycles. The van der Waals surface area contributed by atoms with Crippen molar-refractivity contribution in [1.82, 2.24) is 15.0 Å². The molecule has 0 saturated carbocycles. The number of rotatable bonds is 1. The Kier molecular flexibility index (Phi) is 2.29. The Bertz CT molecular complexity index is 922. The van der Waals surface area contributed by atoms with Crippen molar-refractivity contribution >= 4 is 21.9 Å². The number of benzene rings is 2. The molecule has 1 N–H and O–H groups in total. The summed E-state index contributed by atoms with van der Waals surface area (Å²) in [4.78, 5) is 11.9. The smallest absolute Gasteiger partial charge is 0.151 e. The topological polar surface area (TPSA) is 41.6 Å². The number of para-hydroxylation sites is 1. The fraction of sp³-hybridized carbons (Fsp3) is 0. The number of nitrogens with one attached hydrogen (secondary N) is 1. The number of fused-ring (bicyclic) bond motifs is 2. The largest absolute Gasteiger partial charge is 0.338 e. The van der Waals surface area contributed by atoms with Gasteiger partial charge >= 0.3 is 0 Å². The van der Waals surface area contributed by atoms with Gasteiger partial charge in [-0.05, 0) is 24.3 Å². The summed E-state index contributed by atoms with van der Waals surface area (Å²) in [5, 5.41) is 0.995. The predicted molar refractivity (Wildman–Crippen MR) is 76.8 cm³/mol. The third kappa shape index (κ3) is 1.58. The number of halogens is 1. The average molecular weight is 263 g/mol. The van der Waals surface area contributed by atoms with Crippen LogP contribution in [0.2, 0.25) is 0 Å². The first-order valence-corrected chi connectivity index (χ1v) is 6.31. The molecule has 2 aromatic heterocycles. The van der Waals surface area contributed by atoms with Crippen LogP contribution in [0, 0.1) is 5.82 Å². The Morgan fingerprint density at radius 2 is 1.85 bits per heavy atom. The zero-order chi connectivity index (χ0) is 13.5. The number of aromatic amines is 1. The normalized spacial score (nSPS) is 11.2. The van der Waals surface area contributed by atoms with Crippen LogP contribution in [0.4, 0.5) is 4.39 Å². The molecule has 4 rings (SSSR count). The van der Waals surface area contributed by atoms with Gasteiger partial charge in [-0.15, -0.1) is 0 Å². The first-order chi connectivity index (χ1) is 9.83. The van der Waals surface area contributed by atoms with E-state index >= 15 is 0 Å². The summed E-state index contributed by atoms with van der Waals surface area (Å²) in [5.74, 6) is 0.340. The second-order valence-electron chi connectivity index (χ2n) is 4.60. The standard InChI is InChI=1S/C16H10FN3/c17-12-6-2-8-14-15(12)20-16(19-14)11-4-1-7-13-10(11)5-3-9-18-13/h1-9H,(H,19,20). The maximum Gasteiger partial charge on any atom is 0.151 e. The Hall–Kier alpha value is -2.75. The van der Waals surface area contributed by atoms with E-state index in [1.54, 1.807) is 12.3 Å². The molecule has 0 aliphatic heterocycles. The fourth-order valence-corrected chi connectivity index (χ4v) is 2.43. The fourth-order valence-electron chi connectivity index (χ4n) is 2.43. The zero-order valence-electron chi connectivity index (χ0n) is 10.5. The highest BCUT2D eigenvalue weighted by atomic mass is 19.1. The molecule has 3 nitrogen and oxygen atoms in total. The first kappa shape index (κ1) is 11.1. The molecule has 0 amide bonds. The molecule has 96 valence electrons. The highest BCUT2D eigenvalue weighted by Crippen LogP contribution is 2.27. The summed E-state index contributed by atoms with van der Waals surface area (Å²) in [6, 6.07) is 14.6. The number of hydrogen-bond donors (Lipinski definition) is 1. The quantitative estimate of drug-likeness (QED) is 0.565. The minimum absolute atomic E-state index is 0.316. The lowest BCUT2D eigenvalue weighted by Gasteiger charge is -2.02. The molecule has 0 aliphatic carbocycles. The minimum atomic E-state index is -0.316. The maximum absolute atomic E-state index is 13.7. The molecule has 0 saturated heterocycles. The predicted octanol–water partition coefficient (Wildman–Crippen LogP) is 3.92. The van der Waals surface area contributed by atoms with Crippen molar-refractivity contribution in [3.05, 3.63) is 60.5 Å². The van der Waals surface area contributed by atoms with Crippen LogP contribution in [0.15, 0.2) is 54.7 Å². The molecule has 0 unspecified atom stereocenters. The number of aromatic nitrogens is 3. The van der Waals surface area contributed by atoms with Crippen molar-refractivity contribution in [2.45, 2.75) is 0 Å². The summed E-state index contributed by atoms with van der Waals surface area (Å²) in [5.41, 5.74) is 2.88. The molecule has 0 atom stereocenters. The molecular weight excluding hydrogens is 253 g/mol. The second kappa shape index (κ2) is 4.13. The van der Waals surface area contributed by atoms with E-state index in [0.717, 1.165) is 16.5 Å². The molecule has 0 aliphatic rings. The van der Waals surface area contributed by atoms with E-state index < -0.39 is 0 Å². The molecule has 4 aromatic rings. The third-order valence-electron chi connectivity index (χ3n) is 3.36. The van der Waals surface area contributed by atoms with E-state index in [9.17, 15) is 4.39 Å². The Balaban J connectivity index is 2.04. The van der Waals surface area contributed by atoms with Gasteiger partial charge in [0, 0.05) is 17.1 Å². The molecule has 0 fully saturated rings. The lowest BCUT2D eigenvalue weighted by Crippen LogP contribution is -1.85. The summed E-state index contributed by atoms with van der Waals surface area (Å²) in [6.07, 6.45) is 1.75. The second-order valence-corrected chi connectivity index (χ2v) is 4.60. The molecule has 4 heteroatoms. The average Bonchev–Trinajstić information content (AvgIpc) is 2.92. The van der Waals surface area contributed by atoms with Gasteiger partial charge in [0.2, 0.25) is 0 Å². The van der Waals surface area contributed by atoms with Crippen molar-refractivity contribution in [2.75, 3.05) is 0 Å². The van der Waals surface area contributed by atoms with E-state index in [4.69, 9.17) is 0 Å². The van der Waals surface area contributed by atoms with Gasteiger partial charge in [0.1, 0.15) is 11.3 Å². The van der Waals surface area contributed by atoms with Crippen LogP contribution in [0.5, 0.6) is 0 Å². The Morgan fingerprint density at radius 1 is 0.950 bits per heavy atom. The van der Waals surface area contributed by atoms with Crippen molar-refractivity contribution < 1.29 is 4.39 Å². The highest BCUT2D eigenvalue weighted by molar-refractivity contribution is 5.94. The molecule has 2 heterocycles. The first-order valence-electron chi connectivity index (χ1n) is 6.31. The van der Waals surface area contributed by atoms with E-state index in [2.05, 4.69) is 15.0 Å². The summed E-state index contributed by atoms with van der Waals surface area (Å²) in [6.45, 7) is 0. The van der Waals surface area contributed by atoms with Gasteiger partial charge in [-0.25, -0.2) is 9.37 Å². The zero-order valence-corrected chi connectivity index (χ0v) is 10.5. The number of H-pyrrole nitrogens is 1. The maximum atomic E-state index is 13.7. The minimum Gasteiger partial charge on any atom is -0.338 e.